The summed E-state index contributed by atoms with van der Waals surface area (Å²) in [5, 5.41) is 11.9. The molecule has 1 N–H and O–H groups in total. The molecular weight excluding hydrogens is 460 g/mol. The van der Waals surface area contributed by atoms with Crippen LogP contribution in [0.3, 0.4) is 0 Å². The molecule has 33 heavy (non-hydrogen) atoms. The second-order valence-electron chi connectivity index (χ2n) is 6.93. The molecule has 0 unspecified atom stereocenters. The van der Waals surface area contributed by atoms with Gasteiger partial charge in [-0.2, -0.15) is 0 Å². The Morgan fingerprint density at radius 3 is 2.24 bits per heavy atom. The minimum Gasteiger partial charge on any atom is -0.497 e. The van der Waals surface area contributed by atoms with Gasteiger partial charge in [0.1, 0.15) is 10.8 Å². The van der Waals surface area contributed by atoms with E-state index in [0.717, 1.165) is 9.87 Å². The third-order valence-corrected chi connectivity index (χ3v) is 7.56. The van der Waals surface area contributed by atoms with E-state index in [1.165, 1.54) is 37.6 Å². The number of hydrogen-bond acceptors (Lipinski definition) is 7. The van der Waals surface area contributed by atoms with Crippen LogP contribution in [0.15, 0.2) is 83.8 Å². The number of rotatable bonds is 7. The molecule has 3 aromatic carbocycles. The molecule has 0 spiro atoms. The van der Waals surface area contributed by atoms with Crippen LogP contribution in [0.1, 0.15) is 10.4 Å². The highest BCUT2D eigenvalue weighted by Gasteiger charge is 2.21. The van der Waals surface area contributed by atoms with Gasteiger partial charge in [0, 0.05) is 18.2 Å². The molecule has 0 bridgehead atoms. The first-order chi connectivity index (χ1) is 15.9. The van der Waals surface area contributed by atoms with Crippen LogP contribution in [0.2, 0.25) is 0 Å². The molecule has 0 aliphatic rings. The minimum atomic E-state index is -3.76. The number of aromatic nitrogens is 2. The summed E-state index contributed by atoms with van der Waals surface area (Å²) in [5.74, 6) is 0.205. The zero-order valence-electron chi connectivity index (χ0n) is 17.8. The lowest BCUT2D eigenvalue weighted by Gasteiger charge is -2.20. The maximum Gasteiger partial charge on any atom is 0.264 e. The Bertz CT molecular complexity index is 1350. The lowest BCUT2D eigenvalue weighted by atomic mass is 10.2. The van der Waals surface area contributed by atoms with Gasteiger partial charge < -0.3 is 4.74 Å². The van der Waals surface area contributed by atoms with E-state index >= 15 is 0 Å². The number of amides is 1. The molecule has 1 aromatic heterocycles. The maximum absolute atomic E-state index is 12.9. The van der Waals surface area contributed by atoms with E-state index in [4.69, 9.17) is 4.74 Å². The molecule has 1 amide bonds. The van der Waals surface area contributed by atoms with Gasteiger partial charge >= 0.3 is 0 Å². The predicted octanol–water partition coefficient (Wildman–Crippen LogP) is 4.29. The molecule has 10 heteroatoms. The summed E-state index contributed by atoms with van der Waals surface area (Å²) in [5.41, 5.74) is 1.70. The van der Waals surface area contributed by atoms with Crippen molar-refractivity contribution < 1.29 is 17.9 Å². The molecule has 0 saturated heterocycles. The average molecular weight is 481 g/mol. The molecule has 1 heterocycles. The predicted molar refractivity (Wildman–Crippen MR) is 128 cm³/mol. The van der Waals surface area contributed by atoms with E-state index in [1.54, 1.807) is 36.4 Å². The number of nitrogens with one attached hydrogen (secondary N) is 1. The lowest BCUT2D eigenvalue weighted by Crippen LogP contribution is -2.26. The fourth-order valence-electron chi connectivity index (χ4n) is 3.01. The van der Waals surface area contributed by atoms with E-state index in [9.17, 15) is 13.2 Å². The Morgan fingerprint density at radius 2 is 1.61 bits per heavy atom. The highest BCUT2D eigenvalue weighted by Crippen LogP contribution is 2.27. The van der Waals surface area contributed by atoms with E-state index in [-0.39, 0.29) is 10.8 Å². The fraction of sp³-hybridized carbons (Fsp3) is 0.0870. The molecule has 0 aliphatic heterocycles. The van der Waals surface area contributed by atoms with Gasteiger partial charge in [-0.25, -0.2) is 8.42 Å². The molecule has 168 valence electrons. The van der Waals surface area contributed by atoms with Gasteiger partial charge in [-0.3, -0.25) is 14.4 Å². The molecule has 0 radical (unpaired) electrons. The molecule has 4 aromatic rings. The zero-order chi connectivity index (χ0) is 23.4. The van der Waals surface area contributed by atoms with Crippen LogP contribution in [-0.2, 0) is 10.0 Å². The quantitative estimate of drug-likeness (QED) is 0.423. The van der Waals surface area contributed by atoms with E-state index < -0.39 is 10.0 Å². The number of methoxy groups -OCH3 is 1. The van der Waals surface area contributed by atoms with Crippen LogP contribution >= 0.6 is 11.3 Å². The standard InChI is InChI=1S/C23H20N4O4S2/c1-27(33(29,30)20-14-12-19(31-2)13-15-20)18-10-8-16(9-11-18)21(28)24-23-26-25-22(32-23)17-6-4-3-5-7-17/h3-15H,1-2H3,(H,24,26,28). The maximum atomic E-state index is 12.9. The van der Waals surface area contributed by atoms with Crippen LogP contribution in [0.25, 0.3) is 10.6 Å². The van der Waals surface area contributed by atoms with Crippen LogP contribution in [0.5, 0.6) is 5.75 Å². The number of hydrogen-bond donors (Lipinski definition) is 1. The minimum absolute atomic E-state index is 0.137. The van der Waals surface area contributed by atoms with Crippen molar-refractivity contribution in [1.29, 1.82) is 0 Å². The fourth-order valence-corrected chi connectivity index (χ4v) is 4.95. The first-order valence-electron chi connectivity index (χ1n) is 9.82. The molecule has 4 rings (SSSR count). The summed E-state index contributed by atoms with van der Waals surface area (Å²) < 4.78 is 32.0. The van der Waals surface area contributed by atoms with Crippen molar-refractivity contribution in [2.24, 2.45) is 0 Å². The summed E-state index contributed by atoms with van der Waals surface area (Å²) in [6.07, 6.45) is 0. The van der Waals surface area contributed by atoms with Crippen molar-refractivity contribution in [2.45, 2.75) is 4.90 Å². The Labute approximate surface area is 195 Å². The number of carbonyl (C=O) groups is 1. The van der Waals surface area contributed by atoms with Crippen molar-refractivity contribution in [3.8, 4) is 16.3 Å². The molecule has 0 aliphatic carbocycles. The van der Waals surface area contributed by atoms with Gasteiger partial charge in [0.05, 0.1) is 17.7 Å². The van der Waals surface area contributed by atoms with E-state index in [2.05, 4.69) is 15.5 Å². The largest absolute Gasteiger partial charge is 0.497 e. The van der Waals surface area contributed by atoms with Gasteiger partial charge in [-0.05, 0) is 48.5 Å². The Hall–Kier alpha value is -3.76. The van der Waals surface area contributed by atoms with Crippen molar-refractivity contribution in [2.75, 3.05) is 23.8 Å². The molecule has 0 atom stereocenters. The summed E-state index contributed by atoms with van der Waals surface area (Å²) in [6.45, 7) is 0. The molecule has 8 nitrogen and oxygen atoms in total. The number of anilines is 2. The van der Waals surface area contributed by atoms with Crippen LogP contribution in [0.4, 0.5) is 10.8 Å². The third-order valence-electron chi connectivity index (χ3n) is 4.88. The zero-order valence-corrected chi connectivity index (χ0v) is 19.4. The highest BCUT2D eigenvalue weighted by molar-refractivity contribution is 7.92. The summed E-state index contributed by atoms with van der Waals surface area (Å²) >= 11 is 1.27. The van der Waals surface area contributed by atoms with Gasteiger partial charge in [0.2, 0.25) is 5.13 Å². The number of nitrogens with zero attached hydrogens (tertiary/aromatic N) is 3. The molecular formula is C23H20N4O4S2. The van der Waals surface area contributed by atoms with Crippen molar-refractivity contribution in [3.05, 3.63) is 84.4 Å². The number of carbonyl (C=O) groups excluding carboxylic acids is 1. The van der Waals surface area contributed by atoms with E-state index in [0.29, 0.717) is 27.1 Å². The van der Waals surface area contributed by atoms with Gasteiger partial charge in [0.15, 0.2) is 0 Å². The first-order valence-corrected chi connectivity index (χ1v) is 12.1. The van der Waals surface area contributed by atoms with Crippen LogP contribution in [0, 0.1) is 0 Å². The van der Waals surface area contributed by atoms with Crippen molar-refractivity contribution >= 4 is 38.1 Å². The number of ether oxygens (including phenoxy) is 1. The summed E-state index contributed by atoms with van der Waals surface area (Å²) in [4.78, 5) is 12.7. The molecule has 0 fully saturated rings. The average Bonchev–Trinajstić information content (AvgIpc) is 3.32. The second-order valence-corrected chi connectivity index (χ2v) is 9.87. The highest BCUT2D eigenvalue weighted by atomic mass is 32.2. The number of sulfonamides is 1. The normalized spacial score (nSPS) is 11.1. The van der Waals surface area contributed by atoms with E-state index in [1.807, 2.05) is 30.3 Å². The number of benzene rings is 3. The summed E-state index contributed by atoms with van der Waals surface area (Å²) in [7, 11) is -0.788. The van der Waals surface area contributed by atoms with Crippen molar-refractivity contribution in [1.82, 2.24) is 10.2 Å². The van der Waals surface area contributed by atoms with Crippen molar-refractivity contribution in [3.63, 3.8) is 0 Å². The second kappa shape index (κ2) is 9.39. The SMILES string of the molecule is COc1ccc(S(=O)(=O)N(C)c2ccc(C(=O)Nc3nnc(-c4ccccc4)s3)cc2)cc1. The van der Waals surface area contributed by atoms with Crippen LogP contribution in [-0.4, -0.2) is 38.7 Å². The lowest BCUT2D eigenvalue weighted by molar-refractivity contribution is 0.102. The summed E-state index contributed by atoms with van der Waals surface area (Å²) in [6, 6.07) is 22.0. The smallest absolute Gasteiger partial charge is 0.264 e. The first kappa shape index (κ1) is 22.4. The monoisotopic (exact) mass is 480 g/mol. The van der Waals surface area contributed by atoms with Crippen LogP contribution < -0.4 is 14.4 Å². The van der Waals surface area contributed by atoms with Gasteiger partial charge in [-0.15, -0.1) is 10.2 Å². The Morgan fingerprint density at radius 1 is 0.939 bits per heavy atom. The Balaban J connectivity index is 1.46. The van der Waals surface area contributed by atoms with Gasteiger partial charge in [-0.1, -0.05) is 41.7 Å². The topological polar surface area (TPSA) is 101 Å². The third kappa shape index (κ3) is 4.86. The Kier molecular flexibility index (Phi) is 6.38. The van der Waals surface area contributed by atoms with Gasteiger partial charge in [0.25, 0.3) is 15.9 Å². The molecule has 0 saturated carbocycles.